The molecule has 1 aromatic heterocycles. The van der Waals surface area contributed by atoms with Crippen LogP contribution in [0.25, 0.3) is 0 Å². The summed E-state index contributed by atoms with van der Waals surface area (Å²) in [5.41, 5.74) is 0.204. The molecular weight excluding hydrogens is 262 g/mol. The second kappa shape index (κ2) is 5.88. The minimum absolute atomic E-state index is 0.204. The molecule has 0 aliphatic carbocycles. The predicted octanol–water partition coefficient (Wildman–Crippen LogP) is 1.93. The van der Waals surface area contributed by atoms with Crippen molar-refractivity contribution in [1.29, 1.82) is 0 Å². The number of anilines is 1. The number of aromatic carboxylic acids is 1. The summed E-state index contributed by atoms with van der Waals surface area (Å²) in [6.07, 6.45) is 2.30. The van der Waals surface area contributed by atoms with Gasteiger partial charge in [0.05, 0.1) is 0 Å². The third kappa shape index (κ3) is 3.45. The van der Waals surface area contributed by atoms with Crippen LogP contribution in [0.15, 0.2) is 0 Å². The number of rotatable bonds is 4. The van der Waals surface area contributed by atoms with Crippen molar-refractivity contribution in [2.75, 3.05) is 38.6 Å². The van der Waals surface area contributed by atoms with E-state index in [2.05, 4.69) is 28.9 Å². The van der Waals surface area contributed by atoms with Crippen LogP contribution in [0.3, 0.4) is 0 Å². The number of nitrogens with zero attached hydrogens (tertiary/aromatic N) is 3. The summed E-state index contributed by atoms with van der Waals surface area (Å²) in [6.45, 7) is 4.91. The summed E-state index contributed by atoms with van der Waals surface area (Å²) >= 11 is 1.49. The number of aryl methyl sites for hydroxylation is 1. The maximum absolute atomic E-state index is 11.0. The number of aromatic nitrogens is 1. The Morgan fingerprint density at radius 2 is 2.11 bits per heavy atom. The number of carboxylic acid groups (broad SMARTS) is 1. The van der Waals surface area contributed by atoms with E-state index in [-0.39, 0.29) is 5.69 Å². The summed E-state index contributed by atoms with van der Waals surface area (Å²) < 4.78 is 0. The average molecular weight is 283 g/mol. The van der Waals surface area contributed by atoms with Gasteiger partial charge in [0.15, 0.2) is 10.8 Å². The van der Waals surface area contributed by atoms with Crippen molar-refractivity contribution in [2.24, 2.45) is 5.92 Å². The minimum atomic E-state index is -0.928. The zero-order chi connectivity index (χ0) is 14.0. The molecule has 1 N–H and O–H groups in total. The molecule has 0 aromatic carbocycles. The third-order valence-electron chi connectivity index (χ3n) is 3.50. The first-order valence-electron chi connectivity index (χ1n) is 6.57. The van der Waals surface area contributed by atoms with Gasteiger partial charge in [-0.25, -0.2) is 9.78 Å². The molecule has 0 unspecified atom stereocenters. The van der Waals surface area contributed by atoms with Crippen LogP contribution in [-0.4, -0.2) is 54.7 Å². The topological polar surface area (TPSA) is 56.7 Å². The molecule has 2 rings (SSSR count). The van der Waals surface area contributed by atoms with Crippen molar-refractivity contribution < 1.29 is 9.90 Å². The Morgan fingerprint density at radius 1 is 1.47 bits per heavy atom. The molecule has 5 nitrogen and oxygen atoms in total. The van der Waals surface area contributed by atoms with E-state index in [4.69, 9.17) is 5.11 Å². The smallest absolute Gasteiger partial charge is 0.355 e. The Labute approximate surface area is 117 Å². The highest BCUT2D eigenvalue weighted by atomic mass is 32.1. The van der Waals surface area contributed by atoms with Gasteiger partial charge in [0, 0.05) is 24.5 Å². The minimum Gasteiger partial charge on any atom is -0.476 e. The van der Waals surface area contributed by atoms with Crippen LogP contribution in [0.1, 0.15) is 28.2 Å². The van der Waals surface area contributed by atoms with E-state index in [9.17, 15) is 4.79 Å². The number of carboxylic acids is 1. The van der Waals surface area contributed by atoms with Gasteiger partial charge >= 0.3 is 5.97 Å². The molecule has 0 radical (unpaired) electrons. The molecule has 19 heavy (non-hydrogen) atoms. The molecule has 0 atom stereocenters. The van der Waals surface area contributed by atoms with Crippen LogP contribution >= 0.6 is 11.3 Å². The van der Waals surface area contributed by atoms with E-state index >= 15 is 0 Å². The first-order valence-corrected chi connectivity index (χ1v) is 7.39. The van der Waals surface area contributed by atoms with Gasteiger partial charge in [-0.3, -0.25) is 0 Å². The Hall–Kier alpha value is -1.14. The molecular formula is C13H21N3O2S. The van der Waals surface area contributed by atoms with Gasteiger partial charge in [0.2, 0.25) is 0 Å². The van der Waals surface area contributed by atoms with Gasteiger partial charge in [0.1, 0.15) is 0 Å². The molecule has 1 aromatic rings. The summed E-state index contributed by atoms with van der Waals surface area (Å²) in [5, 5.41) is 9.90. The normalized spacial score (nSPS) is 17.2. The SMILES string of the molecule is Cc1sc(N2CCC(CN(C)C)CC2)nc1C(=O)O. The fraction of sp³-hybridized carbons (Fsp3) is 0.692. The third-order valence-corrected chi connectivity index (χ3v) is 4.53. The highest BCUT2D eigenvalue weighted by Crippen LogP contribution is 2.29. The van der Waals surface area contributed by atoms with Crippen LogP contribution in [-0.2, 0) is 0 Å². The van der Waals surface area contributed by atoms with Crippen molar-refractivity contribution in [3.8, 4) is 0 Å². The summed E-state index contributed by atoms with van der Waals surface area (Å²) in [5.74, 6) is -0.186. The van der Waals surface area contributed by atoms with Gasteiger partial charge < -0.3 is 14.9 Å². The second-order valence-electron chi connectivity index (χ2n) is 5.40. The predicted molar refractivity (Wildman–Crippen MR) is 77.3 cm³/mol. The van der Waals surface area contributed by atoms with Crippen molar-refractivity contribution >= 4 is 22.4 Å². The molecule has 0 bridgehead atoms. The molecule has 1 aliphatic heterocycles. The average Bonchev–Trinajstić information content (AvgIpc) is 2.71. The zero-order valence-corrected chi connectivity index (χ0v) is 12.5. The summed E-state index contributed by atoms with van der Waals surface area (Å²) in [6, 6.07) is 0. The van der Waals surface area contributed by atoms with E-state index in [1.807, 2.05) is 6.92 Å². The van der Waals surface area contributed by atoms with Gasteiger partial charge in [-0.1, -0.05) is 0 Å². The first-order chi connectivity index (χ1) is 8.97. The standard InChI is InChI=1S/C13H21N3O2S/c1-9-11(12(17)18)14-13(19-9)16-6-4-10(5-7-16)8-15(2)3/h10H,4-8H2,1-3H3,(H,17,18). The second-order valence-corrected chi connectivity index (χ2v) is 6.58. The van der Waals surface area contributed by atoms with Crippen LogP contribution in [0.2, 0.25) is 0 Å². The van der Waals surface area contributed by atoms with E-state index in [1.54, 1.807) is 0 Å². The van der Waals surface area contributed by atoms with E-state index in [0.29, 0.717) is 0 Å². The summed E-state index contributed by atoms with van der Waals surface area (Å²) in [4.78, 5) is 20.5. The summed E-state index contributed by atoms with van der Waals surface area (Å²) in [7, 11) is 4.21. The zero-order valence-electron chi connectivity index (χ0n) is 11.7. The van der Waals surface area contributed by atoms with Crippen LogP contribution in [0.4, 0.5) is 5.13 Å². The molecule has 106 valence electrons. The number of hydrogen-bond donors (Lipinski definition) is 1. The van der Waals surface area contributed by atoms with Gasteiger partial charge in [-0.05, 0) is 39.8 Å². The largest absolute Gasteiger partial charge is 0.476 e. The van der Waals surface area contributed by atoms with E-state index < -0.39 is 5.97 Å². The maximum atomic E-state index is 11.0. The lowest BCUT2D eigenvalue weighted by Crippen LogP contribution is -2.37. The van der Waals surface area contributed by atoms with E-state index in [1.165, 1.54) is 11.3 Å². The molecule has 6 heteroatoms. The maximum Gasteiger partial charge on any atom is 0.355 e. The van der Waals surface area contributed by atoms with Crippen molar-refractivity contribution in [3.63, 3.8) is 0 Å². The van der Waals surface area contributed by atoms with Crippen molar-refractivity contribution in [3.05, 3.63) is 10.6 Å². The van der Waals surface area contributed by atoms with Crippen LogP contribution < -0.4 is 4.90 Å². The molecule has 1 fully saturated rings. The lowest BCUT2D eigenvalue weighted by molar-refractivity contribution is 0.0690. The number of hydrogen-bond acceptors (Lipinski definition) is 5. The Kier molecular flexibility index (Phi) is 4.42. The Morgan fingerprint density at radius 3 is 2.58 bits per heavy atom. The van der Waals surface area contributed by atoms with Crippen molar-refractivity contribution in [1.82, 2.24) is 9.88 Å². The molecule has 1 aliphatic rings. The Bertz CT molecular complexity index is 451. The van der Waals surface area contributed by atoms with Gasteiger partial charge in [0.25, 0.3) is 0 Å². The highest BCUT2D eigenvalue weighted by Gasteiger charge is 2.23. The van der Waals surface area contributed by atoms with Crippen LogP contribution in [0.5, 0.6) is 0 Å². The molecule has 0 amide bonds. The fourth-order valence-electron chi connectivity index (χ4n) is 2.54. The molecule has 0 saturated carbocycles. The lowest BCUT2D eigenvalue weighted by atomic mass is 9.97. The lowest BCUT2D eigenvalue weighted by Gasteiger charge is -2.32. The Balaban J connectivity index is 1.98. The first kappa shape index (κ1) is 14.3. The monoisotopic (exact) mass is 283 g/mol. The number of piperidine rings is 1. The molecule has 2 heterocycles. The number of carbonyl (C=O) groups is 1. The van der Waals surface area contributed by atoms with Gasteiger partial charge in [-0.15, -0.1) is 11.3 Å². The van der Waals surface area contributed by atoms with Crippen molar-refractivity contribution in [2.45, 2.75) is 19.8 Å². The van der Waals surface area contributed by atoms with E-state index in [0.717, 1.165) is 48.4 Å². The molecule has 1 saturated heterocycles. The highest BCUT2D eigenvalue weighted by molar-refractivity contribution is 7.15. The molecule has 0 spiro atoms. The van der Waals surface area contributed by atoms with Crippen LogP contribution in [0, 0.1) is 12.8 Å². The van der Waals surface area contributed by atoms with Gasteiger partial charge in [-0.2, -0.15) is 0 Å². The number of thiazole rings is 1. The fourth-order valence-corrected chi connectivity index (χ4v) is 3.49. The quantitative estimate of drug-likeness (QED) is 0.915.